The molecule has 0 aromatic heterocycles. The Bertz CT molecular complexity index is 465. The summed E-state index contributed by atoms with van der Waals surface area (Å²) in [6.45, 7) is 6.83. The number of hydrogen-bond acceptors (Lipinski definition) is 3. The Morgan fingerprint density at radius 1 is 1.37 bits per heavy atom. The van der Waals surface area contributed by atoms with Gasteiger partial charge in [0.25, 0.3) is 0 Å². The number of amides is 1. The number of rotatable bonds is 0. The maximum absolute atomic E-state index is 12.1. The highest BCUT2D eigenvalue weighted by Crippen LogP contribution is 2.25. The molecule has 1 aromatic carbocycles. The van der Waals surface area contributed by atoms with Crippen LogP contribution in [0.4, 0.5) is 4.79 Å². The Hall–Kier alpha value is -1.55. The average molecular weight is 262 g/mol. The van der Waals surface area contributed by atoms with Gasteiger partial charge in [-0.25, -0.2) is 4.79 Å². The van der Waals surface area contributed by atoms with E-state index in [-0.39, 0.29) is 12.1 Å². The van der Waals surface area contributed by atoms with Crippen molar-refractivity contribution < 1.29 is 9.53 Å². The van der Waals surface area contributed by atoms with E-state index in [9.17, 15) is 4.79 Å². The van der Waals surface area contributed by atoms with Crippen LogP contribution in [-0.4, -0.2) is 23.1 Å². The molecule has 1 heterocycles. The van der Waals surface area contributed by atoms with Crippen LogP contribution in [0.1, 0.15) is 44.4 Å². The summed E-state index contributed by atoms with van der Waals surface area (Å²) in [5.74, 6) is 0. The minimum absolute atomic E-state index is 0.0105. The standard InChI is InChI=1S/C15H22N2O2/c1-15(2,3)19-14(18)17-9-8-13(16)12-7-5-4-6-11(12)10-17/h4-7,13H,8-10,16H2,1-3H3/t13-/m0/s1. The van der Waals surface area contributed by atoms with Crippen molar-refractivity contribution in [3.05, 3.63) is 35.4 Å². The summed E-state index contributed by atoms with van der Waals surface area (Å²) in [6, 6.07) is 8.02. The zero-order valence-electron chi connectivity index (χ0n) is 11.8. The molecule has 0 spiro atoms. The lowest BCUT2D eigenvalue weighted by atomic mass is 10.0. The van der Waals surface area contributed by atoms with Crippen molar-refractivity contribution >= 4 is 6.09 Å². The zero-order valence-corrected chi connectivity index (χ0v) is 11.8. The summed E-state index contributed by atoms with van der Waals surface area (Å²) >= 11 is 0. The maximum Gasteiger partial charge on any atom is 0.410 e. The van der Waals surface area contributed by atoms with Gasteiger partial charge in [0.1, 0.15) is 5.60 Å². The van der Waals surface area contributed by atoms with Gasteiger partial charge in [-0.15, -0.1) is 0 Å². The smallest absolute Gasteiger partial charge is 0.410 e. The molecule has 0 saturated carbocycles. The van der Waals surface area contributed by atoms with Crippen LogP contribution in [0.15, 0.2) is 24.3 Å². The predicted octanol–water partition coefficient (Wildman–Crippen LogP) is 2.83. The van der Waals surface area contributed by atoms with Crippen LogP contribution < -0.4 is 5.73 Å². The summed E-state index contributed by atoms with van der Waals surface area (Å²) in [5, 5.41) is 0. The Labute approximate surface area is 114 Å². The van der Waals surface area contributed by atoms with Gasteiger partial charge in [0.05, 0.1) is 0 Å². The topological polar surface area (TPSA) is 55.6 Å². The SMILES string of the molecule is CC(C)(C)OC(=O)N1CC[C@H](N)c2ccccc2C1. The molecule has 2 N–H and O–H groups in total. The van der Waals surface area contributed by atoms with Crippen molar-refractivity contribution in [3.8, 4) is 0 Å². The fourth-order valence-electron chi connectivity index (χ4n) is 2.26. The number of ether oxygens (including phenoxy) is 1. The maximum atomic E-state index is 12.1. The van der Waals surface area contributed by atoms with Gasteiger partial charge in [-0.05, 0) is 38.3 Å². The predicted molar refractivity (Wildman–Crippen MR) is 74.6 cm³/mol. The Morgan fingerprint density at radius 2 is 2.05 bits per heavy atom. The number of hydrogen-bond donors (Lipinski definition) is 1. The molecule has 2 rings (SSSR count). The summed E-state index contributed by atoms with van der Waals surface area (Å²) in [6.07, 6.45) is 0.493. The largest absolute Gasteiger partial charge is 0.444 e. The third-order valence-corrected chi connectivity index (χ3v) is 3.18. The fourth-order valence-corrected chi connectivity index (χ4v) is 2.26. The van der Waals surface area contributed by atoms with E-state index in [1.54, 1.807) is 4.90 Å². The van der Waals surface area contributed by atoms with Crippen molar-refractivity contribution in [3.63, 3.8) is 0 Å². The second-order valence-electron chi connectivity index (χ2n) is 6.00. The van der Waals surface area contributed by atoms with Crippen molar-refractivity contribution in [2.45, 2.75) is 45.4 Å². The molecule has 0 aliphatic carbocycles. The first-order valence-corrected chi connectivity index (χ1v) is 6.68. The first kappa shape index (κ1) is 13.9. The lowest BCUT2D eigenvalue weighted by molar-refractivity contribution is 0.0235. The third kappa shape index (κ3) is 3.47. The van der Waals surface area contributed by atoms with E-state index < -0.39 is 5.60 Å². The van der Waals surface area contributed by atoms with E-state index >= 15 is 0 Å². The highest BCUT2D eigenvalue weighted by atomic mass is 16.6. The van der Waals surface area contributed by atoms with Gasteiger partial charge in [0.15, 0.2) is 0 Å². The molecule has 0 radical (unpaired) electrons. The molecule has 0 fully saturated rings. The second kappa shape index (κ2) is 5.21. The Kier molecular flexibility index (Phi) is 3.80. The summed E-state index contributed by atoms with van der Waals surface area (Å²) in [7, 11) is 0. The van der Waals surface area contributed by atoms with Gasteiger partial charge >= 0.3 is 6.09 Å². The van der Waals surface area contributed by atoms with Crippen LogP contribution in [0.25, 0.3) is 0 Å². The number of fused-ring (bicyclic) bond motifs is 1. The molecular weight excluding hydrogens is 240 g/mol. The van der Waals surface area contributed by atoms with Crippen LogP contribution in [0.5, 0.6) is 0 Å². The molecule has 0 bridgehead atoms. The molecule has 19 heavy (non-hydrogen) atoms. The van der Waals surface area contributed by atoms with E-state index in [1.807, 2.05) is 45.0 Å². The molecule has 1 amide bonds. The first-order chi connectivity index (χ1) is 8.87. The van der Waals surface area contributed by atoms with Gasteiger partial charge in [-0.2, -0.15) is 0 Å². The third-order valence-electron chi connectivity index (χ3n) is 3.18. The van der Waals surface area contributed by atoms with Gasteiger partial charge in [0.2, 0.25) is 0 Å². The minimum Gasteiger partial charge on any atom is -0.444 e. The lowest BCUT2D eigenvalue weighted by Crippen LogP contribution is -2.36. The average Bonchev–Trinajstić information content (AvgIpc) is 2.47. The fraction of sp³-hybridized carbons (Fsp3) is 0.533. The molecule has 1 aromatic rings. The highest BCUT2D eigenvalue weighted by molar-refractivity contribution is 5.68. The first-order valence-electron chi connectivity index (χ1n) is 6.68. The Balaban J connectivity index is 2.17. The second-order valence-corrected chi connectivity index (χ2v) is 6.00. The van der Waals surface area contributed by atoms with E-state index in [0.717, 1.165) is 17.5 Å². The van der Waals surface area contributed by atoms with Crippen molar-refractivity contribution in [2.75, 3.05) is 6.54 Å². The zero-order chi connectivity index (χ0) is 14.0. The van der Waals surface area contributed by atoms with Gasteiger partial charge in [-0.1, -0.05) is 24.3 Å². The van der Waals surface area contributed by atoms with Crippen LogP contribution in [-0.2, 0) is 11.3 Å². The molecule has 1 aliphatic rings. The van der Waals surface area contributed by atoms with Gasteiger partial charge in [-0.3, -0.25) is 0 Å². The molecule has 0 saturated heterocycles. The number of carbonyl (C=O) groups is 1. The van der Waals surface area contributed by atoms with Crippen molar-refractivity contribution in [1.29, 1.82) is 0 Å². The normalized spacial score (nSPS) is 19.6. The van der Waals surface area contributed by atoms with E-state index in [2.05, 4.69) is 0 Å². The van der Waals surface area contributed by atoms with Crippen molar-refractivity contribution in [2.24, 2.45) is 5.73 Å². The molecule has 104 valence electrons. The molecule has 4 heteroatoms. The summed E-state index contributed by atoms with van der Waals surface area (Å²) in [4.78, 5) is 13.9. The van der Waals surface area contributed by atoms with E-state index in [4.69, 9.17) is 10.5 Å². The number of nitrogens with zero attached hydrogens (tertiary/aromatic N) is 1. The number of nitrogens with two attached hydrogens (primary N) is 1. The highest BCUT2D eigenvalue weighted by Gasteiger charge is 2.26. The molecule has 4 nitrogen and oxygen atoms in total. The van der Waals surface area contributed by atoms with Crippen LogP contribution in [0.3, 0.4) is 0 Å². The van der Waals surface area contributed by atoms with E-state index in [0.29, 0.717) is 13.1 Å². The molecular formula is C15H22N2O2. The lowest BCUT2D eigenvalue weighted by Gasteiger charge is -2.26. The summed E-state index contributed by atoms with van der Waals surface area (Å²) < 4.78 is 5.43. The van der Waals surface area contributed by atoms with Crippen LogP contribution in [0, 0.1) is 0 Å². The number of carbonyl (C=O) groups excluding carboxylic acids is 1. The molecule has 0 unspecified atom stereocenters. The monoisotopic (exact) mass is 262 g/mol. The number of benzene rings is 1. The van der Waals surface area contributed by atoms with Crippen LogP contribution in [0.2, 0.25) is 0 Å². The summed E-state index contributed by atoms with van der Waals surface area (Å²) in [5.41, 5.74) is 7.93. The van der Waals surface area contributed by atoms with Gasteiger partial charge < -0.3 is 15.4 Å². The van der Waals surface area contributed by atoms with E-state index in [1.165, 1.54) is 0 Å². The molecule has 1 aliphatic heterocycles. The molecule has 1 atom stereocenters. The minimum atomic E-state index is -0.467. The van der Waals surface area contributed by atoms with Gasteiger partial charge in [0, 0.05) is 19.1 Å². The Morgan fingerprint density at radius 3 is 2.74 bits per heavy atom. The quantitative estimate of drug-likeness (QED) is 0.782. The van der Waals surface area contributed by atoms with Crippen LogP contribution >= 0.6 is 0 Å². The van der Waals surface area contributed by atoms with Crippen molar-refractivity contribution in [1.82, 2.24) is 4.90 Å².